The first-order valence-electron chi connectivity index (χ1n) is 7.22. The number of benzene rings is 1. The molecule has 0 unspecified atom stereocenters. The van der Waals surface area contributed by atoms with E-state index >= 15 is 0 Å². The van der Waals surface area contributed by atoms with Gasteiger partial charge in [0.05, 0.1) is 5.69 Å². The maximum Gasteiger partial charge on any atom is 0.266 e. The smallest absolute Gasteiger partial charge is 0.266 e. The molecular weight excluding hydrogens is 302 g/mol. The van der Waals surface area contributed by atoms with Crippen molar-refractivity contribution in [3.63, 3.8) is 0 Å². The molecule has 22 heavy (non-hydrogen) atoms. The largest absolute Gasteiger partial charge is 0.385 e. The SMILES string of the molecule is COCCCN=C1Nc2ccc(C(C)(C)C)cc2S(=O)(=O)N1. The number of nitrogens with one attached hydrogen (secondary N) is 2. The van der Waals surface area contributed by atoms with E-state index in [1.807, 2.05) is 26.8 Å². The second-order valence-corrected chi connectivity index (χ2v) is 7.92. The van der Waals surface area contributed by atoms with Crippen LogP contribution < -0.4 is 10.0 Å². The minimum Gasteiger partial charge on any atom is -0.385 e. The van der Waals surface area contributed by atoms with Crippen molar-refractivity contribution in [3.8, 4) is 0 Å². The van der Waals surface area contributed by atoms with Gasteiger partial charge < -0.3 is 10.1 Å². The average Bonchev–Trinajstić information content (AvgIpc) is 2.41. The summed E-state index contributed by atoms with van der Waals surface area (Å²) in [6, 6.07) is 5.45. The van der Waals surface area contributed by atoms with Gasteiger partial charge in [-0.2, -0.15) is 0 Å². The average molecular weight is 325 g/mol. The zero-order valence-electron chi connectivity index (χ0n) is 13.4. The molecule has 0 aromatic heterocycles. The molecule has 0 amide bonds. The molecule has 122 valence electrons. The normalized spacial score (nSPS) is 18.5. The van der Waals surface area contributed by atoms with Crippen molar-refractivity contribution in [2.24, 2.45) is 4.99 Å². The molecule has 2 rings (SSSR count). The topological polar surface area (TPSA) is 79.8 Å². The van der Waals surface area contributed by atoms with Crippen LogP contribution in [0.5, 0.6) is 0 Å². The molecule has 1 aliphatic rings. The summed E-state index contributed by atoms with van der Waals surface area (Å²) < 4.78 is 32.2. The number of rotatable bonds is 4. The number of guanidine groups is 1. The highest BCUT2D eigenvalue weighted by Gasteiger charge is 2.28. The third-order valence-corrected chi connectivity index (χ3v) is 4.78. The first kappa shape index (κ1) is 16.8. The molecule has 6 nitrogen and oxygen atoms in total. The second-order valence-electron chi connectivity index (χ2n) is 6.27. The third-order valence-electron chi connectivity index (χ3n) is 3.40. The number of nitrogens with zero attached hydrogens (tertiary/aromatic N) is 1. The van der Waals surface area contributed by atoms with Gasteiger partial charge in [0.1, 0.15) is 4.90 Å². The molecule has 0 saturated carbocycles. The molecule has 0 bridgehead atoms. The Labute approximate surface area is 132 Å². The van der Waals surface area contributed by atoms with Gasteiger partial charge in [0.25, 0.3) is 10.0 Å². The second kappa shape index (κ2) is 6.26. The summed E-state index contributed by atoms with van der Waals surface area (Å²) in [4.78, 5) is 4.48. The van der Waals surface area contributed by atoms with Crippen molar-refractivity contribution in [2.45, 2.75) is 37.5 Å². The fourth-order valence-corrected chi connectivity index (χ4v) is 3.29. The first-order chi connectivity index (χ1) is 10.2. The fraction of sp³-hybridized carbons (Fsp3) is 0.533. The standard InChI is InChI=1S/C15H23N3O3S/c1-15(2,3)11-6-7-12-13(10-11)22(19,20)18-14(17-12)16-8-5-9-21-4/h6-7,10H,5,8-9H2,1-4H3,(H2,16,17,18). The highest BCUT2D eigenvalue weighted by molar-refractivity contribution is 7.90. The molecular formula is C15H23N3O3S. The van der Waals surface area contributed by atoms with E-state index in [-0.39, 0.29) is 16.3 Å². The number of hydrogen-bond acceptors (Lipinski definition) is 4. The maximum atomic E-state index is 12.4. The first-order valence-corrected chi connectivity index (χ1v) is 8.70. The van der Waals surface area contributed by atoms with E-state index in [4.69, 9.17) is 4.74 Å². The van der Waals surface area contributed by atoms with Gasteiger partial charge in [-0.15, -0.1) is 0 Å². The van der Waals surface area contributed by atoms with E-state index < -0.39 is 10.0 Å². The van der Waals surface area contributed by atoms with Crippen molar-refractivity contribution < 1.29 is 13.2 Å². The Kier molecular flexibility index (Phi) is 4.77. The predicted octanol–water partition coefficient (Wildman–Crippen LogP) is 2.08. The highest BCUT2D eigenvalue weighted by atomic mass is 32.2. The van der Waals surface area contributed by atoms with Crippen LogP contribution in [-0.2, 0) is 20.2 Å². The number of aliphatic imine (C=N–C) groups is 1. The summed E-state index contributed by atoms with van der Waals surface area (Å²) in [5.41, 5.74) is 1.41. The van der Waals surface area contributed by atoms with Crippen LogP contribution in [0.25, 0.3) is 0 Å². The van der Waals surface area contributed by atoms with E-state index in [2.05, 4.69) is 15.0 Å². The van der Waals surface area contributed by atoms with Crippen LogP contribution in [0.2, 0.25) is 0 Å². The Morgan fingerprint density at radius 3 is 2.64 bits per heavy atom. The Morgan fingerprint density at radius 2 is 2.00 bits per heavy atom. The van der Waals surface area contributed by atoms with Gasteiger partial charge in [-0.1, -0.05) is 26.8 Å². The van der Waals surface area contributed by atoms with E-state index in [1.165, 1.54) is 0 Å². The molecule has 7 heteroatoms. The summed E-state index contributed by atoms with van der Waals surface area (Å²) in [5, 5.41) is 3.03. The monoisotopic (exact) mass is 325 g/mol. The van der Waals surface area contributed by atoms with Crippen molar-refractivity contribution in [2.75, 3.05) is 25.6 Å². The molecule has 0 fully saturated rings. The van der Waals surface area contributed by atoms with Crippen LogP contribution in [0.3, 0.4) is 0 Å². The van der Waals surface area contributed by atoms with Gasteiger partial charge in [-0.05, 0) is 29.5 Å². The Bertz CT molecular complexity index is 676. The van der Waals surface area contributed by atoms with E-state index in [0.29, 0.717) is 18.8 Å². The Balaban J connectivity index is 2.29. The van der Waals surface area contributed by atoms with E-state index in [9.17, 15) is 8.42 Å². The summed E-state index contributed by atoms with van der Waals surface area (Å²) in [6.07, 6.45) is 0.735. The predicted molar refractivity (Wildman–Crippen MR) is 87.9 cm³/mol. The van der Waals surface area contributed by atoms with Gasteiger partial charge in [-0.3, -0.25) is 4.99 Å². The number of ether oxygens (including phenoxy) is 1. The summed E-state index contributed by atoms with van der Waals surface area (Å²) in [7, 11) is -1.97. The van der Waals surface area contributed by atoms with E-state index in [1.54, 1.807) is 19.2 Å². The van der Waals surface area contributed by atoms with Gasteiger partial charge in [0, 0.05) is 20.3 Å². The minimum absolute atomic E-state index is 0.112. The van der Waals surface area contributed by atoms with Crippen LogP contribution in [0.4, 0.5) is 5.69 Å². The van der Waals surface area contributed by atoms with Crippen LogP contribution in [0, 0.1) is 0 Å². The molecule has 0 aliphatic carbocycles. The molecule has 0 saturated heterocycles. The molecule has 0 atom stereocenters. The molecule has 2 N–H and O–H groups in total. The molecule has 0 spiro atoms. The van der Waals surface area contributed by atoms with Crippen LogP contribution >= 0.6 is 0 Å². The molecule has 1 aliphatic heterocycles. The van der Waals surface area contributed by atoms with Gasteiger partial charge in [0.2, 0.25) is 5.96 Å². The highest BCUT2D eigenvalue weighted by Crippen LogP contribution is 2.31. The Hall–Kier alpha value is -1.60. The zero-order valence-corrected chi connectivity index (χ0v) is 14.3. The summed E-state index contributed by atoms with van der Waals surface area (Å²) in [5.74, 6) is 0.257. The number of hydrogen-bond donors (Lipinski definition) is 2. The van der Waals surface area contributed by atoms with Crippen molar-refractivity contribution >= 4 is 21.7 Å². The number of methoxy groups -OCH3 is 1. The van der Waals surface area contributed by atoms with E-state index in [0.717, 1.165) is 12.0 Å². The number of anilines is 1. The van der Waals surface area contributed by atoms with Crippen molar-refractivity contribution in [1.29, 1.82) is 0 Å². The lowest BCUT2D eigenvalue weighted by Gasteiger charge is -2.25. The molecule has 1 aromatic rings. The third kappa shape index (κ3) is 3.78. The summed E-state index contributed by atoms with van der Waals surface area (Å²) >= 11 is 0. The molecule has 0 radical (unpaired) electrons. The zero-order chi connectivity index (χ0) is 16.4. The van der Waals surface area contributed by atoms with Gasteiger partial charge in [0.15, 0.2) is 0 Å². The number of sulfonamides is 1. The quantitative estimate of drug-likeness (QED) is 0.831. The van der Waals surface area contributed by atoms with Crippen LogP contribution in [0.1, 0.15) is 32.8 Å². The van der Waals surface area contributed by atoms with Gasteiger partial charge >= 0.3 is 0 Å². The van der Waals surface area contributed by atoms with Crippen LogP contribution in [0.15, 0.2) is 28.1 Å². The number of fused-ring (bicyclic) bond motifs is 1. The fourth-order valence-electron chi connectivity index (χ4n) is 2.12. The molecule has 1 heterocycles. The Morgan fingerprint density at radius 1 is 1.27 bits per heavy atom. The lowest BCUT2D eigenvalue weighted by atomic mass is 9.87. The lowest BCUT2D eigenvalue weighted by molar-refractivity contribution is 0.197. The van der Waals surface area contributed by atoms with Gasteiger partial charge in [-0.25, -0.2) is 13.1 Å². The maximum absolute atomic E-state index is 12.4. The lowest BCUT2D eigenvalue weighted by Crippen LogP contribution is -2.41. The van der Waals surface area contributed by atoms with Crippen molar-refractivity contribution in [3.05, 3.63) is 23.8 Å². The molecule has 1 aromatic carbocycles. The minimum atomic E-state index is -3.59. The van der Waals surface area contributed by atoms with Crippen LogP contribution in [-0.4, -0.2) is 34.6 Å². The van der Waals surface area contributed by atoms with Crippen molar-refractivity contribution in [1.82, 2.24) is 4.72 Å². The summed E-state index contributed by atoms with van der Waals surface area (Å²) in [6.45, 7) is 7.23.